The number of para-hydroxylation sites is 1. The number of hydrogen-bond acceptors (Lipinski definition) is 5. The van der Waals surface area contributed by atoms with Gasteiger partial charge in [0, 0.05) is 36.6 Å². The van der Waals surface area contributed by atoms with Crippen LogP contribution in [-0.2, 0) is 6.54 Å². The minimum absolute atomic E-state index is 0.0214. The maximum atomic E-state index is 12.9. The summed E-state index contributed by atoms with van der Waals surface area (Å²) in [5.74, 6) is 0.861. The molecule has 0 saturated carbocycles. The lowest BCUT2D eigenvalue weighted by Gasteiger charge is -2.31. The average molecular weight is 403 g/mol. The Balaban J connectivity index is 1.24. The first-order valence-corrected chi connectivity index (χ1v) is 9.97. The van der Waals surface area contributed by atoms with E-state index in [9.17, 15) is 9.59 Å². The summed E-state index contributed by atoms with van der Waals surface area (Å²) in [5.41, 5.74) is 1.44. The maximum absolute atomic E-state index is 12.9. The van der Waals surface area contributed by atoms with E-state index in [2.05, 4.69) is 20.2 Å². The molecular weight excluding hydrogens is 382 g/mol. The van der Waals surface area contributed by atoms with Gasteiger partial charge in [-0.2, -0.15) is 5.10 Å². The lowest BCUT2D eigenvalue weighted by Crippen LogP contribution is -2.40. The number of piperidine rings is 1. The molecule has 0 bridgehead atoms. The van der Waals surface area contributed by atoms with Crippen molar-refractivity contribution in [3.63, 3.8) is 0 Å². The van der Waals surface area contributed by atoms with Gasteiger partial charge in [-0.15, -0.1) is 5.10 Å². The quantitative estimate of drug-likeness (QED) is 0.560. The zero-order valence-corrected chi connectivity index (χ0v) is 16.3. The third kappa shape index (κ3) is 3.49. The summed E-state index contributed by atoms with van der Waals surface area (Å²) in [6.07, 6.45) is 4.63. The van der Waals surface area contributed by atoms with Gasteiger partial charge in [-0.25, -0.2) is 14.3 Å². The zero-order chi connectivity index (χ0) is 20.5. The zero-order valence-electron chi connectivity index (χ0n) is 16.3. The summed E-state index contributed by atoms with van der Waals surface area (Å²) in [5, 5.41) is 9.51. The van der Waals surface area contributed by atoms with E-state index in [0.29, 0.717) is 31.1 Å². The highest BCUT2D eigenvalue weighted by molar-refractivity contribution is 5.98. The van der Waals surface area contributed by atoms with Crippen LogP contribution in [0.1, 0.15) is 23.3 Å². The molecule has 0 radical (unpaired) electrons. The number of nitrogens with one attached hydrogen (secondary N) is 1. The van der Waals surface area contributed by atoms with Gasteiger partial charge in [-0.3, -0.25) is 9.59 Å². The summed E-state index contributed by atoms with van der Waals surface area (Å²) >= 11 is 0. The van der Waals surface area contributed by atoms with E-state index in [0.717, 1.165) is 23.7 Å². The fourth-order valence-corrected chi connectivity index (χ4v) is 3.94. The largest absolute Gasteiger partial charge is 0.351 e. The standard InChI is InChI=1S/C21H21N7O2/c29-20-6-5-19(28-14-22-13-23-28)25-27(20)12-15-7-9-26(10-8-15)21(30)18-11-16-3-1-2-4-17(16)24-18/h1-6,11,13-15,24H,7-10,12H2. The molecule has 5 rings (SSSR count). The maximum Gasteiger partial charge on any atom is 0.270 e. The van der Waals surface area contributed by atoms with Crippen molar-refractivity contribution < 1.29 is 4.79 Å². The van der Waals surface area contributed by atoms with E-state index in [1.807, 2.05) is 35.2 Å². The molecule has 0 atom stereocenters. The fourth-order valence-electron chi connectivity index (χ4n) is 3.94. The molecule has 1 N–H and O–H groups in total. The van der Waals surface area contributed by atoms with Crippen LogP contribution in [0.2, 0.25) is 0 Å². The topological polar surface area (TPSA) is 102 Å². The Labute approximate surface area is 172 Å². The second kappa shape index (κ2) is 7.58. The van der Waals surface area contributed by atoms with Crippen LogP contribution in [0.4, 0.5) is 0 Å². The molecule has 0 spiro atoms. The van der Waals surface area contributed by atoms with Crippen LogP contribution in [-0.4, -0.2) is 53.4 Å². The summed E-state index contributed by atoms with van der Waals surface area (Å²) in [6.45, 7) is 1.85. The van der Waals surface area contributed by atoms with E-state index in [4.69, 9.17) is 0 Å². The van der Waals surface area contributed by atoms with Crippen molar-refractivity contribution in [2.45, 2.75) is 19.4 Å². The summed E-state index contributed by atoms with van der Waals surface area (Å²) in [7, 11) is 0. The Bertz CT molecular complexity index is 1200. The van der Waals surface area contributed by atoms with Gasteiger partial charge >= 0.3 is 0 Å². The molecule has 3 aromatic heterocycles. The first-order valence-electron chi connectivity index (χ1n) is 9.97. The van der Waals surface area contributed by atoms with E-state index < -0.39 is 0 Å². The number of carbonyl (C=O) groups is 1. The second-order valence-corrected chi connectivity index (χ2v) is 7.56. The highest BCUT2D eigenvalue weighted by Gasteiger charge is 2.25. The number of H-pyrrole nitrogens is 1. The van der Waals surface area contributed by atoms with Crippen molar-refractivity contribution in [2.24, 2.45) is 5.92 Å². The summed E-state index contributed by atoms with van der Waals surface area (Å²) < 4.78 is 3.01. The van der Waals surface area contributed by atoms with Crippen molar-refractivity contribution in [3.8, 4) is 5.82 Å². The summed E-state index contributed by atoms with van der Waals surface area (Å²) in [4.78, 5) is 34.1. The molecule has 30 heavy (non-hydrogen) atoms. The van der Waals surface area contributed by atoms with Crippen LogP contribution >= 0.6 is 0 Å². The van der Waals surface area contributed by atoms with Crippen LogP contribution in [0.25, 0.3) is 16.7 Å². The molecule has 1 amide bonds. The smallest absolute Gasteiger partial charge is 0.270 e. The van der Waals surface area contributed by atoms with E-state index in [1.165, 1.54) is 21.8 Å². The molecule has 0 unspecified atom stereocenters. The minimum atomic E-state index is -0.143. The molecule has 1 fully saturated rings. The average Bonchev–Trinajstić information content (AvgIpc) is 3.45. The van der Waals surface area contributed by atoms with Gasteiger partial charge in [-0.05, 0) is 37.0 Å². The lowest BCUT2D eigenvalue weighted by atomic mass is 9.96. The number of carbonyl (C=O) groups excluding carboxylic acids is 1. The molecule has 1 aliphatic heterocycles. The first kappa shape index (κ1) is 18.3. The number of aromatic amines is 1. The highest BCUT2D eigenvalue weighted by Crippen LogP contribution is 2.22. The Morgan fingerprint density at radius 2 is 1.97 bits per heavy atom. The molecule has 1 aliphatic rings. The molecule has 9 nitrogen and oxygen atoms in total. The highest BCUT2D eigenvalue weighted by atomic mass is 16.2. The van der Waals surface area contributed by atoms with E-state index in [-0.39, 0.29) is 17.4 Å². The first-order chi connectivity index (χ1) is 14.7. The van der Waals surface area contributed by atoms with E-state index in [1.54, 1.807) is 12.4 Å². The van der Waals surface area contributed by atoms with Gasteiger partial charge in [0.1, 0.15) is 18.3 Å². The number of nitrogens with zero attached hydrogens (tertiary/aromatic N) is 6. The third-order valence-corrected chi connectivity index (χ3v) is 5.60. The van der Waals surface area contributed by atoms with Gasteiger partial charge in [0.05, 0.1) is 0 Å². The van der Waals surface area contributed by atoms with Gasteiger partial charge in [-0.1, -0.05) is 18.2 Å². The molecule has 9 heteroatoms. The van der Waals surface area contributed by atoms with Gasteiger partial charge in [0.2, 0.25) is 0 Å². The third-order valence-electron chi connectivity index (χ3n) is 5.60. The van der Waals surface area contributed by atoms with Crippen LogP contribution in [0.15, 0.2) is 59.9 Å². The molecule has 4 aromatic rings. The molecule has 4 heterocycles. The fraction of sp³-hybridized carbons (Fsp3) is 0.286. The second-order valence-electron chi connectivity index (χ2n) is 7.56. The van der Waals surface area contributed by atoms with Crippen LogP contribution in [0, 0.1) is 5.92 Å². The van der Waals surface area contributed by atoms with Crippen LogP contribution < -0.4 is 5.56 Å². The number of rotatable bonds is 4. The van der Waals surface area contributed by atoms with Crippen molar-refractivity contribution in [1.82, 2.24) is 34.4 Å². The Hall–Kier alpha value is -3.75. The van der Waals surface area contributed by atoms with Crippen LogP contribution in [0.5, 0.6) is 0 Å². The van der Waals surface area contributed by atoms with Crippen molar-refractivity contribution in [3.05, 3.63) is 71.2 Å². The Morgan fingerprint density at radius 3 is 2.73 bits per heavy atom. The predicted molar refractivity (Wildman–Crippen MR) is 110 cm³/mol. The molecule has 1 saturated heterocycles. The van der Waals surface area contributed by atoms with Crippen molar-refractivity contribution in [1.29, 1.82) is 0 Å². The van der Waals surface area contributed by atoms with Crippen molar-refractivity contribution in [2.75, 3.05) is 13.1 Å². The minimum Gasteiger partial charge on any atom is -0.351 e. The Kier molecular flexibility index (Phi) is 4.62. The number of likely N-dealkylation sites (tertiary alicyclic amines) is 1. The SMILES string of the molecule is O=C(c1cc2ccccc2[nH]1)N1CCC(Cn2nc(-n3cncn3)ccc2=O)CC1. The monoisotopic (exact) mass is 403 g/mol. The molecule has 1 aromatic carbocycles. The lowest BCUT2D eigenvalue weighted by molar-refractivity contribution is 0.0675. The summed E-state index contributed by atoms with van der Waals surface area (Å²) in [6, 6.07) is 12.9. The van der Waals surface area contributed by atoms with Gasteiger partial charge in [0.25, 0.3) is 11.5 Å². The number of aromatic nitrogens is 6. The number of amides is 1. The molecule has 152 valence electrons. The van der Waals surface area contributed by atoms with E-state index >= 15 is 0 Å². The van der Waals surface area contributed by atoms with Crippen LogP contribution in [0.3, 0.4) is 0 Å². The van der Waals surface area contributed by atoms with Gasteiger partial charge < -0.3 is 9.88 Å². The van der Waals surface area contributed by atoms with Crippen molar-refractivity contribution >= 4 is 16.8 Å². The Morgan fingerprint density at radius 1 is 1.13 bits per heavy atom. The molecular formula is C21H21N7O2. The number of fused-ring (bicyclic) bond motifs is 1. The molecule has 0 aliphatic carbocycles. The number of benzene rings is 1. The normalized spacial score (nSPS) is 15.0. The van der Waals surface area contributed by atoms with Gasteiger partial charge in [0.15, 0.2) is 5.82 Å². The number of hydrogen-bond donors (Lipinski definition) is 1. The predicted octanol–water partition coefficient (Wildman–Crippen LogP) is 1.86.